The van der Waals surface area contributed by atoms with Crippen molar-refractivity contribution >= 4 is 33.8 Å². The van der Waals surface area contributed by atoms with Crippen LogP contribution >= 0.6 is 22.9 Å². The summed E-state index contributed by atoms with van der Waals surface area (Å²) in [5.41, 5.74) is 2.50. The van der Waals surface area contributed by atoms with Crippen LogP contribution in [0.4, 0.5) is 5.00 Å². The molecule has 130 valence electrons. The zero-order valence-electron chi connectivity index (χ0n) is 13.8. The molecule has 4 nitrogen and oxygen atoms in total. The highest BCUT2D eigenvalue weighted by atomic mass is 35.5. The van der Waals surface area contributed by atoms with Crippen LogP contribution in [0.3, 0.4) is 0 Å². The number of amides is 1. The third-order valence-corrected chi connectivity index (χ3v) is 5.89. The van der Waals surface area contributed by atoms with E-state index in [0.29, 0.717) is 21.3 Å². The Kier molecular flexibility index (Phi) is 4.54. The van der Waals surface area contributed by atoms with E-state index in [-0.39, 0.29) is 11.7 Å². The van der Waals surface area contributed by atoms with Gasteiger partial charge in [0, 0.05) is 15.5 Å². The summed E-state index contributed by atoms with van der Waals surface area (Å²) < 4.78 is 5.69. The fourth-order valence-electron chi connectivity index (χ4n) is 3.19. The number of hydrogen-bond donors (Lipinski definition) is 1. The Morgan fingerprint density at radius 2 is 2.08 bits per heavy atom. The molecule has 0 unspecified atom stereocenters. The molecule has 0 spiro atoms. The van der Waals surface area contributed by atoms with Gasteiger partial charge in [0.15, 0.2) is 5.76 Å². The summed E-state index contributed by atoms with van der Waals surface area (Å²) in [5.74, 6) is 0.423. The second-order valence-corrected chi connectivity index (χ2v) is 7.70. The zero-order chi connectivity index (χ0) is 18.1. The minimum atomic E-state index is -0.353. The first-order valence-corrected chi connectivity index (χ1v) is 9.57. The maximum Gasteiger partial charge on any atom is 0.292 e. The number of furan rings is 1. The Morgan fingerprint density at radius 1 is 1.23 bits per heavy atom. The van der Waals surface area contributed by atoms with Crippen LogP contribution in [0.25, 0.3) is 11.3 Å². The van der Waals surface area contributed by atoms with Crippen LogP contribution < -0.4 is 5.32 Å². The van der Waals surface area contributed by atoms with E-state index in [0.717, 1.165) is 36.8 Å². The zero-order valence-corrected chi connectivity index (χ0v) is 15.4. The minimum absolute atomic E-state index is 0.204. The van der Waals surface area contributed by atoms with Crippen LogP contribution in [0.5, 0.6) is 0 Å². The van der Waals surface area contributed by atoms with Gasteiger partial charge in [-0.1, -0.05) is 23.7 Å². The van der Waals surface area contributed by atoms with Crippen LogP contribution in [0.2, 0.25) is 5.02 Å². The SMILES string of the molecule is N#Cc1c(NC(=O)c2ccc(-c3cccc(Cl)c3)o2)sc2c1CCCC2. The lowest BCUT2D eigenvalue weighted by Gasteiger charge is -2.09. The van der Waals surface area contributed by atoms with E-state index in [1.807, 2.05) is 12.1 Å². The van der Waals surface area contributed by atoms with Crippen LogP contribution in [0.15, 0.2) is 40.8 Å². The van der Waals surface area contributed by atoms with Gasteiger partial charge >= 0.3 is 0 Å². The maximum absolute atomic E-state index is 12.6. The van der Waals surface area contributed by atoms with Crippen molar-refractivity contribution in [2.45, 2.75) is 25.7 Å². The van der Waals surface area contributed by atoms with Crippen molar-refractivity contribution in [2.24, 2.45) is 0 Å². The van der Waals surface area contributed by atoms with Gasteiger partial charge in [-0.2, -0.15) is 5.26 Å². The van der Waals surface area contributed by atoms with Crippen LogP contribution in [0, 0.1) is 11.3 Å². The summed E-state index contributed by atoms with van der Waals surface area (Å²) >= 11 is 7.51. The van der Waals surface area contributed by atoms with Gasteiger partial charge in [-0.15, -0.1) is 11.3 Å². The summed E-state index contributed by atoms with van der Waals surface area (Å²) in [7, 11) is 0. The first kappa shape index (κ1) is 16.9. The molecule has 0 saturated heterocycles. The van der Waals surface area contributed by atoms with Gasteiger partial charge < -0.3 is 9.73 Å². The van der Waals surface area contributed by atoms with E-state index in [4.69, 9.17) is 16.0 Å². The Bertz CT molecular complexity index is 1030. The van der Waals surface area contributed by atoms with Crippen LogP contribution in [-0.2, 0) is 12.8 Å². The lowest BCUT2D eigenvalue weighted by atomic mass is 9.96. The molecule has 0 radical (unpaired) electrons. The summed E-state index contributed by atoms with van der Waals surface area (Å²) in [6.07, 6.45) is 4.11. The minimum Gasteiger partial charge on any atom is -0.451 e. The third-order valence-electron chi connectivity index (χ3n) is 4.45. The van der Waals surface area contributed by atoms with Crippen molar-refractivity contribution in [3.05, 3.63) is 63.2 Å². The van der Waals surface area contributed by atoms with Gasteiger partial charge in [0.1, 0.15) is 16.8 Å². The monoisotopic (exact) mass is 382 g/mol. The predicted molar refractivity (Wildman–Crippen MR) is 103 cm³/mol. The van der Waals surface area contributed by atoms with E-state index < -0.39 is 0 Å². The highest BCUT2D eigenvalue weighted by molar-refractivity contribution is 7.16. The number of nitrogens with zero attached hydrogens (tertiary/aromatic N) is 1. The number of fused-ring (bicyclic) bond motifs is 1. The van der Waals surface area contributed by atoms with Gasteiger partial charge in [0.25, 0.3) is 5.91 Å². The highest BCUT2D eigenvalue weighted by Crippen LogP contribution is 2.38. The maximum atomic E-state index is 12.6. The van der Waals surface area contributed by atoms with Gasteiger partial charge in [-0.3, -0.25) is 4.79 Å². The summed E-state index contributed by atoms with van der Waals surface area (Å²) in [4.78, 5) is 13.8. The van der Waals surface area contributed by atoms with Gasteiger partial charge in [-0.25, -0.2) is 0 Å². The first-order valence-electron chi connectivity index (χ1n) is 8.37. The second kappa shape index (κ2) is 6.99. The average Bonchev–Trinajstić information content (AvgIpc) is 3.26. The number of benzene rings is 1. The number of rotatable bonds is 3. The van der Waals surface area contributed by atoms with Crippen molar-refractivity contribution in [3.63, 3.8) is 0 Å². The smallest absolute Gasteiger partial charge is 0.292 e. The van der Waals surface area contributed by atoms with Crippen molar-refractivity contribution in [1.82, 2.24) is 0 Å². The predicted octanol–water partition coefficient (Wildman–Crippen LogP) is 5.66. The molecule has 1 aliphatic rings. The molecule has 4 rings (SSSR count). The number of nitriles is 1. The van der Waals surface area contributed by atoms with E-state index in [2.05, 4.69) is 11.4 Å². The molecule has 0 atom stereocenters. The Hall–Kier alpha value is -2.55. The van der Waals surface area contributed by atoms with E-state index in [1.165, 1.54) is 16.2 Å². The lowest BCUT2D eigenvalue weighted by Crippen LogP contribution is -2.10. The standard InChI is InChI=1S/C20H15ClN2O2S/c21-13-5-3-4-12(10-13)16-8-9-17(25-16)19(24)23-20-15(11-22)14-6-1-2-7-18(14)26-20/h3-5,8-10H,1-2,6-7H2,(H,23,24). The van der Waals surface area contributed by atoms with Crippen molar-refractivity contribution < 1.29 is 9.21 Å². The molecule has 0 bridgehead atoms. The molecule has 0 aliphatic heterocycles. The Morgan fingerprint density at radius 3 is 2.88 bits per heavy atom. The molecule has 6 heteroatoms. The Balaban J connectivity index is 1.58. The molecule has 1 N–H and O–H groups in total. The molecule has 26 heavy (non-hydrogen) atoms. The van der Waals surface area contributed by atoms with Crippen LogP contribution in [0.1, 0.15) is 39.4 Å². The number of anilines is 1. The largest absolute Gasteiger partial charge is 0.451 e. The average molecular weight is 383 g/mol. The van der Waals surface area contributed by atoms with Gasteiger partial charge in [0.2, 0.25) is 0 Å². The van der Waals surface area contributed by atoms with Gasteiger partial charge in [-0.05, 0) is 55.5 Å². The lowest BCUT2D eigenvalue weighted by molar-refractivity contribution is 0.0998. The first-order chi connectivity index (χ1) is 12.7. The third kappa shape index (κ3) is 3.14. The van der Waals surface area contributed by atoms with Crippen molar-refractivity contribution in [2.75, 3.05) is 5.32 Å². The van der Waals surface area contributed by atoms with Crippen LogP contribution in [-0.4, -0.2) is 5.91 Å². The summed E-state index contributed by atoms with van der Waals surface area (Å²) in [5, 5.41) is 13.6. The normalized spacial score (nSPS) is 13.1. The highest BCUT2D eigenvalue weighted by Gasteiger charge is 2.23. The Labute approximate surface area is 160 Å². The molecule has 2 aromatic heterocycles. The molecule has 2 heterocycles. The topological polar surface area (TPSA) is 66.0 Å². The molecule has 0 fully saturated rings. The molecule has 1 aromatic carbocycles. The second-order valence-electron chi connectivity index (χ2n) is 6.16. The number of nitrogens with one attached hydrogen (secondary N) is 1. The number of carbonyl (C=O) groups excluding carboxylic acids is 1. The fraction of sp³-hybridized carbons (Fsp3) is 0.200. The number of thiophene rings is 1. The molecule has 3 aromatic rings. The van der Waals surface area contributed by atoms with Crippen molar-refractivity contribution in [3.8, 4) is 17.4 Å². The van der Waals surface area contributed by atoms with E-state index in [9.17, 15) is 10.1 Å². The summed E-state index contributed by atoms with van der Waals surface area (Å²) in [6.45, 7) is 0. The molecular formula is C20H15ClN2O2S. The molecule has 1 amide bonds. The molecular weight excluding hydrogens is 368 g/mol. The molecule has 1 aliphatic carbocycles. The number of aryl methyl sites for hydroxylation is 1. The number of carbonyl (C=O) groups is 1. The van der Waals surface area contributed by atoms with E-state index in [1.54, 1.807) is 24.3 Å². The van der Waals surface area contributed by atoms with E-state index >= 15 is 0 Å². The number of halogens is 1. The molecule has 0 saturated carbocycles. The van der Waals surface area contributed by atoms with Gasteiger partial charge in [0.05, 0.1) is 5.56 Å². The van der Waals surface area contributed by atoms with Crippen molar-refractivity contribution in [1.29, 1.82) is 5.26 Å². The quantitative estimate of drug-likeness (QED) is 0.635. The number of hydrogen-bond acceptors (Lipinski definition) is 4. The summed E-state index contributed by atoms with van der Waals surface area (Å²) in [6, 6.07) is 12.9. The fourth-order valence-corrected chi connectivity index (χ4v) is 4.62.